The molecule has 17 heavy (non-hydrogen) atoms. The van der Waals surface area contributed by atoms with Crippen LogP contribution in [0.5, 0.6) is 0 Å². The predicted octanol–water partition coefficient (Wildman–Crippen LogP) is 0.367. The van der Waals surface area contributed by atoms with E-state index in [1.165, 1.54) is 10.4 Å². The van der Waals surface area contributed by atoms with E-state index in [2.05, 4.69) is 22.1 Å². The molecule has 1 aromatic rings. The third kappa shape index (κ3) is 2.10. The lowest BCUT2D eigenvalue weighted by Crippen LogP contribution is -2.51. The van der Waals surface area contributed by atoms with E-state index in [9.17, 15) is 4.79 Å². The van der Waals surface area contributed by atoms with Crippen molar-refractivity contribution in [2.75, 3.05) is 32.7 Å². The van der Waals surface area contributed by atoms with Crippen molar-refractivity contribution in [3.05, 3.63) is 21.9 Å². The number of amides is 1. The highest BCUT2D eigenvalue weighted by atomic mass is 32.1. The molecule has 3 rings (SSSR count). The van der Waals surface area contributed by atoms with Gasteiger partial charge in [-0.2, -0.15) is 0 Å². The SMILES string of the molecule is O=C(C1NCCc2sccc21)N1CCNCC1. The summed E-state index contributed by atoms with van der Waals surface area (Å²) in [7, 11) is 0. The summed E-state index contributed by atoms with van der Waals surface area (Å²) in [5, 5.41) is 8.72. The number of hydrogen-bond donors (Lipinski definition) is 2. The number of thiophene rings is 1. The Morgan fingerprint density at radius 3 is 3.00 bits per heavy atom. The van der Waals surface area contributed by atoms with Crippen LogP contribution in [0.15, 0.2) is 11.4 Å². The van der Waals surface area contributed by atoms with E-state index in [-0.39, 0.29) is 11.9 Å². The maximum Gasteiger partial charge on any atom is 0.244 e. The molecule has 1 unspecified atom stereocenters. The number of nitrogens with one attached hydrogen (secondary N) is 2. The van der Waals surface area contributed by atoms with Crippen LogP contribution in [0.3, 0.4) is 0 Å². The summed E-state index contributed by atoms with van der Waals surface area (Å²) in [4.78, 5) is 15.8. The number of rotatable bonds is 1. The van der Waals surface area contributed by atoms with Gasteiger partial charge >= 0.3 is 0 Å². The summed E-state index contributed by atoms with van der Waals surface area (Å²) < 4.78 is 0. The third-order valence-electron chi connectivity index (χ3n) is 3.47. The Bertz CT molecular complexity index is 412. The van der Waals surface area contributed by atoms with Gasteiger partial charge in [-0.05, 0) is 23.4 Å². The maximum absolute atomic E-state index is 12.5. The van der Waals surface area contributed by atoms with Gasteiger partial charge in [0.2, 0.25) is 5.91 Å². The second-order valence-electron chi connectivity index (χ2n) is 4.51. The second kappa shape index (κ2) is 4.76. The van der Waals surface area contributed by atoms with E-state index in [0.717, 1.165) is 39.1 Å². The van der Waals surface area contributed by atoms with E-state index in [4.69, 9.17) is 0 Å². The highest BCUT2D eigenvalue weighted by Crippen LogP contribution is 2.28. The van der Waals surface area contributed by atoms with Crippen molar-refractivity contribution in [3.8, 4) is 0 Å². The van der Waals surface area contributed by atoms with Gasteiger partial charge in [-0.1, -0.05) is 0 Å². The van der Waals surface area contributed by atoms with E-state index in [1.54, 1.807) is 11.3 Å². The molecule has 3 heterocycles. The summed E-state index contributed by atoms with van der Waals surface area (Å²) in [5.74, 6) is 0.242. The lowest BCUT2D eigenvalue weighted by Gasteiger charge is -2.32. The van der Waals surface area contributed by atoms with Crippen LogP contribution < -0.4 is 10.6 Å². The van der Waals surface area contributed by atoms with Crippen molar-refractivity contribution in [2.24, 2.45) is 0 Å². The number of piperazine rings is 1. The first-order chi connectivity index (χ1) is 8.36. The van der Waals surface area contributed by atoms with Crippen molar-refractivity contribution in [2.45, 2.75) is 12.5 Å². The smallest absolute Gasteiger partial charge is 0.244 e. The van der Waals surface area contributed by atoms with E-state index in [0.29, 0.717) is 0 Å². The summed E-state index contributed by atoms with van der Waals surface area (Å²) in [6.45, 7) is 4.40. The molecular weight excluding hydrogens is 234 g/mol. The average Bonchev–Trinajstić information content (AvgIpc) is 2.87. The van der Waals surface area contributed by atoms with Gasteiger partial charge in [0.05, 0.1) is 0 Å². The predicted molar refractivity (Wildman–Crippen MR) is 68.2 cm³/mol. The molecule has 1 amide bonds. The minimum absolute atomic E-state index is 0.108. The largest absolute Gasteiger partial charge is 0.338 e. The first kappa shape index (κ1) is 11.2. The number of fused-ring (bicyclic) bond motifs is 1. The van der Waals surface area contributed by atoms with Gasteiger partial charge in [0.1, 0.15) is 6.04 Å². The Hall–Kier alpha value is -0.910. The van der Waals surface area contributed by atoms with E-state index >= 15 is 0 Å². The molecule has 0 radical (unpaired) electrons. The molecule has 0 aliphatic carbocycles. The fourth-order valence-corrected chi connectivity index (χ4v) is 3.46. The van der Waals surface area contributed by atoms with Crippen LogP contribution in [0.4, 0.5) is 0 Å². The van der Waals surface area contributed by atoms with Gasteiger partial charge in [-0.15, -0.1) is 11.3 Å². The number of nitrogens with zero attached hydrogens (tertiary/aromatic N) is 1. The summed E-state index contributed by atoms with van der Waals surface area (Å²) in [5.41, 5.74) is 1.20. The lowest BCUT2D eigenvalue weighted by atomic mass is 10.0. The van der Waals surface area contributed by atoms with Crippen LogP contribution in [0.1, 0.15) is 16.5 Å². The normalized spacial score (nSPS) is 24.5. The summed E-state index contributed by atoms with van der Waals surface area (Å²) >= 11 is 1.77. The van der Waals surface area contributed by atoms with Crippen LogP contribution in [0.25, 0.3) is 0 Å². The molecule has 0 spiro atoms. The fraction of sp³-hybridized carbons (Fsp3) is 0.583. The Morgan fingerprint density at radius 2 is 2.18 bits per heavy atom. The molecule has 0 aromatic carbocycles. The lowest BCUT2D eigenvalue weighted by molar-refractivity contribution is -0.134. The fourth-order valence-electron chi connectivity index (χ4n) is 2.54. The van der Waals surface area contributed by atoms with Gasteiger partial charge in [0.25, 0.3) is 0 Å². The maximum atomic E-state index is 12.5. The first-order valence-corrected chi connectivity index (χ1v) is 7.03. The summed E-state index contributed by atoms with van der Waals surface area (Å²) in [6, 6.07) is 1.99. The number of carbonyl (C=O) groups is 1. The Kier molecular flexibility index (Phi) is 3.13. The molecule has 2 aliphatic rings. The number of hydrogen-bond acceptors (Lipinski definition) is 4. The Labute approximate surface area is 105 Å². The molecule has 92 valence electrons. The quantitative estimate of drug-likeness (QED) is 0.758. The average molecular weight is 251 g/mol. The van der Waals surface area contributed by atoms with Crippen molar-refractivity contribution >= 4 is 17.2 Å². The Morgan fingerprint density at radius 1 is 1.35 bits per heavy atom. The Balaban J connectivity index is 1.79. The van der Waals surface area contributed by atoms with Crippen molar-refractivity contribution in [1.82, 2.24) is 15.5 Å². The highest BCUT2D eigenvalue weighted by Gasteiger charge is 2.30. The van der Waals surface area contributed by atoms with Crippen molar-refractivity contribution in [1.29, 1.82) is 0 Å². The zero-order chi connectivity index (χ0) is 11.7. The van der Waals surface area contributed by atoms with Crippen LogP contribution >= 0.6 is 11.3 Å². The van der Waals surface area contributed by atoms with Crippen molar-refractivity contribution < 1.29 is 4.79 Å². The zero-order valence-corrected chi connectivity index (χ0v) is 10.6. The molecule has 1 aromatic heterocycles. The highest BCUT2D eigenvalue weighted by molar-refractivity contribution is 7.10. The molecule has 0 bridgehead atoms. The minimum atomic E-state index is -0.108. The molecule has 4 nitrogen and oxygen atoms in total. The number of carbonyl (C=O) groups excluding carboxylic acids is 1. The molecule has 2 aliphatic heterocycles. The van der Waals surface area contributed by atoms with Gasteiger partial charge in [0.15, 0.2) is 0 Å². The molecule has 0 saturated carbocycles. The van der Waals surface area contributed by atoms with E-state index < -0.39 is 0 Å². The van der Waals surface area contributed by atoms with Gasteiger partial charge in [-0.25, -0.2) is 0 Å². The van der Waals surface area contributed by atoms with E-state index in [1.807, 2.05) is 4.90 Å². The standard InChI is InChI=1S/C12H17N3OS/c16-12(15-6-4-13-5-7-15)11-9-2-8-17-10(9)1-3-14-11/h2,8,11,13-14H,1,3-7H2. The van der Waals surface area contributed by atoms with Gasteiger partial charge in [-0.3, -0.25) is 4.79 Å². The third-order valence-corrected chi connectivity index (χ3v) is 4.46. The summed E-state index contributed by atoms with van der Waals surface area (Å²) in [6.07, 6.45) is 1.05. The minimum Gasteiger partial charge on any atom is -0.338 e. The molecule has 1 fully saturated rings. The first-order valence-electron chi connectivity index (χ1n) is 6.15. The second-order valence-corrected chi connectivity index (χ2v) is 5.51. The molecule has 2 N–H and O–H groups in total. The van der Waals surface area contributed by atoms with Crippen LogP contribution in [0, 0.1) is 0 Å². The molecular formula is C12H17N3OS. The van der Waals surface area contributed by atoms with Gasteiger partial charge in [0, 0.05) is 37.6 Å². The van der Waals surface area contributed by atoms with Crippen LogP contribution in [0.2, 0.25) is 0 Å². The molecule has 5 heteroatoms. The molecule has 1 atom stereocenters. The van der Waals surface area contributed by atoms with Gasteiger partial charge < -0.3 is 15.5 Å². The monoisotopic (exact) mass is 251 g/mol. The molecule has 1 saturated heterocycles. The van der Waals surface area contributed by atoms with Crippen molar-refractivity contribution in [3.63, 3.8) is 0 Å². The topological polar surface area (TPSA) is 44.4 Å². The van der Waals surface area contributed by atoms with Crippen LogP contribution in [-0.4, -0.2) is 43.5 Å². The van der Waals surface area contributed by atoms with Crippen LogP contribution in [-0.2, 0) is 11.2 Å². The zero-order valence-electron chi connectivity index (χ0n) is 9.74.